The zero-order chi connectivity index (χ0) is 15.1. The van der Waals surface area contributed by atoms with E-state index in [1.807, 2.05) is 36.4 Å². The molecule has 0 spiro atoms. The van der Waals surface area contributed by atoms with Crippen LogP contribution in [0.3, 0.4) is 0 Å². The number of carbonyl (C=O) groups excluding carboxylic acids is 1. The second-order valence-corrected chi connectivity index (χ2v) is 4.56. The molecule has 0 aromatic heterocycles. The average Bonchev–Trinajstić information content (AvgIpc) is 2.54. The molecule has 2 aromatic rings. The quantitative estimate of drug-likeness (QED) is 0.915. The first-order chi connectivity index (χ1) is 10.2. The van der Waals surface area contributed by atoms with Crippen molar-refractivity contribution in [3.8, 4) is 11.8 Å². The molecule has 0 saturated carbocycles. The number of para-hydroxylation sites is 2. The zero-order valence-electron chi connectivity index (χ0n) is 11.7. The van der Waals surface area contributed by atoms with Crippen LogP contribution in [-0.4, -0.2) is 13.0 Å². The second-order valence-electron chi connectivity index (χ2n) is 4.56. The molecule has 106 valence electrons. The Kier molecular flexibility index (Phi) is 4.94. The standard InChI is InChI=1S/C17H16N2O2/c1-21-16-10-6-5-9-15(16)19-17(20)14(12-18)11-13-7-3-2-4-8-13/h2-10,14H,11H2,1H3,(H,19,20)/t14-/m0/s1. The molecule has 1 N–H and O–H groups in total. The Bertz CT molecular complexity index is 647. The number of hydrogen-bond acceptors (Lipinski definition) is 3. The molecular formula is C17H16N2O2. The summed E-state index contributed by atoms with van der Waals surface area (Å²) >= 11 is 0. The first-order valence-electron chi connectivity index (χ1n) is 6.62. The normalized spacial score (nSPS) is 11.2. The maximum atomic E-state index is 12.2. The summed E-state index contributed by atoms with van der Waals surface area (Å²) in [6.07, 6.45) is 0.387. The van der Waals surface area contributed by atoms with Crippen LogP contribution < -0.4 is 10.1 Å². The first kappa shape index (κ1) is 14.6. The monoisotopic (exact) mass is 280 g/mol. The number of nitriles is 1. The van der Waals surface area contributed by atoms with Crippen molar-refractivity contribution in [3.63, 3.8) is 0 Å². The van der Waals surface area contributed by atoms with Crippen molar-refractivity contribution < 1.29 is 9.53 Å². The van der Waals surface area contributed by atoms with Crippen LogP contribution in [0.25, 0.3) is 0 Å². The van der Waals surface area contributed by atoms with Crippen LogP contribution in [0.2, 0.25) is 0 Å². The Balaban J connectivity index is 2.09. The molecule has 1 atom stereocenters. The highest BCUT2D eigenvalue weighted by atomic mass is 16.5. The predicted octanol–water partition coefficient (Wildman–Crippen LogP) is 3.02. The number of hydrogen-bond donors (Lipinski definition) is 1. The number of nitrogens with one attached hydrogen (secondary N) is 1. The lowest BCUT2D eigenvalue weighted by atomic mass is 10.00. The van der Waals surface area contributed by atoms with Crippen molar-refractivity contribution in [1.29, 1.82) is 5.26 Å². The summed E-state index contributed by atoms with van der Waals surface area (Å²) < 4.78 is 5.18. The number of carbonyl (C=O) groups is 1. The molecule has 1 amide bonds. The van der Waals surface area contributed by atoms with Gasteiger partial charge in [-0.05, 0) is 24.1 Å². The number of nitrogens with zero attached hydrogens (tertiary/aromatic N) is 1. The van der Waals surface area contributed by atoms with Gasteiger partial charge < -0.3 is 10.1 Å². The van der Waals surface area contributed by atoms with Crippen molar-refractivity contribution in [2.24, 2.45) is 5.92 Å². The molecule has 0 aliphatic rings. The smallest absolute Gasteiger partial charge is 0.242 e. The van der Waals surface area contributed by atoms with E-state index in [-0.39, 0.29) is 5.91 Å². The van der Waals surface area contributed by atoms with E-state index in [1.165, 1.54) is 7.11 Å². The number of anilines is 1. The fourth-order valence-corrected chi connectivity index (χ4v) is 2.01. The van der Waals surface area contributed by atoms with E-state index >= 15 is 0 Å². The summed E-state index contributed by atoms with van der Waals surface area (Å²) in [6.45, 7) is 0. The Morgan fingerprint density at radius 3 is 2.52 bits per heavy atom. The summed E-state index contributed by atoms with van der Waals surface area (Å²) in [5, 5.41) is 12.0. The van der Waals surface area contributed by atoms with Crippen LogP contribution in [0, 0.1) is 17.2 Å². The summed E-state index contributed by atoms with van der Waals surface area (Å²) in [5.74, 6) is -0.495. The molecule has 0 unspecified atom stereocenters. The van der Waals surface area contributed by atoms with Gasteiger partial charge in [-0.15, -0.1) is 0 Å². The van der Waals surface area contributed by atoms with Gasteiger partial charge in [-0.25, -0.2) is 0 Å². The molecule has 4 nitrogen and oxygen atoms in total. The largest absolute Gasteiger partial charge is 0.495 e. The van der Waals surface area contributed by atoms with Gasteiger partial charge in [-0.3, -0.25) is 4.79 Å². The minimum Gasteiger partial charge on any atom is -0.495 e. The van der Waals surface area contributed by atoms with Crippen molar-refractivity contribution in [3.05, 3.63) is 60.2 Å². The maximum absolute atomic E-state index is 12.2. The maximum Gasteiger partial charge on any atom is 0.242 e. The first-order valence-corrected chi connectivity index (χ1v) is 6.62. The molecule has 2 aromatic carbocycles. The van der Waals surface area contributed by atoms with Crippen LogP contribution in [-0.2, 0) is 11.2 Å². The number of amides is 1. The van der Waals surface area contributed by atoms with Crippen LogP contribution in [0.4, 0.5) is 5.69 Å². The predicted molar refractivity (Wildman–Crippen MR) is 80.9 cm³/mol. The summed E-state index contributed by atoms with van der Waals surface area (Å²) in [6, 6.07) is 18.7. The van der Waals surface area contributed by atoms with Crippen LogP contribution in [0.1, 0.15) is 5.56 Å². The summed E-state index contributed by atoms with van der Waals surface area (Å²) in [4.78, 5) is 12.2. The van der Waals surface area contributed by atoms with E-state index in [2.05, 4.69) is 11.4 Å². The zero-order valence-corrected chi connectivity index (χ0v) is 11.7. The highest BCUT2D eigenvalue weighted by molar-refractivity contribution is 5.95. The fourth-order valence-electron chi connectivity index (χ4n) is 2.01. The van der Waals surface area contributed by atoms with Crippen LogP contribution in [0.5, 0.6) is 5.75 Å². The second kappa shape index (κ2) is 7.11. The summed E-state index contributed by atoms with van der Waals surface area (Å²) in [5.41, 5.74) is 1.53. The fraction of sp³-hybridized carbons (Fsp3) is 0.176. The minimum atomic E-state index is -0.739. The van der Waals surface area contributed by atoms with Crippen molar-refractivity contribution in [1.82, 2.24) is 0 Å². The molecule has 0 aliphatic carbocycles. The van der Waals surface area contributed by atoms with Gasteiger partial charge in [0.05, 0.1) is 18.9 Å². The third kappa shape index (κ3) is 3.83. The lowest BCUT2D eigenvalue weighted by Crippen LogP contribution is -2.23. The van der Waals surface area contributed by atoms with E-state index in [1.54, 1.807) is 18.2 Å². The molecule has 0 fully saturated rings. The molecule has 0 bridgehead atoms. The van der Waals surface area contributed by atoms with Gasteiger partial charge in [0.15, 0.2) is 0 Å². The van der Waals surface area contributed by atoms with E-state index in [0.717, 1.165) is 5.56 Å². The van der Waals surface area contributed by atoms with Gasteiger partial charge >= 0.3 is 0 Å². The molecule has 4 heteroatoms. The van der Waals surface area contributed by atoms with Gasteiger partial charge in [0.25, 0.3) is 0 Å². The third-order valence-electron chi connectivity index (χ3n) is 3.12. The van der Waals surface area contributed by atoms with Gasteiger partial charge in [-0.2, -0.15) is 5.26 Å². The third-order valence-corrected chi connectivity index (χ3v) is 3.12. The molecule has 0 saturated heterocycles. The van der Waals surface area contributed by atoms with Gasteiger partial charge in [-0.1, -0.05) is 42.5 Å². The molecule has 0 heterocycles. The lowest BCUT2D eigenvalue weighted by molar-refractivity contribution is -0.118. The Morgan fingerprint density at radius 1 is 1.19 bits per heavy atom. The van der Waals surface area contributed by atoms with Gasteiger partial charge in [0.2, 0.25) is 5.91 Å². The topological polar surface area (TPSA) is 62.1 Å². The van der Waals surface area contributed by atoms with E-state index in [9.17, 15) is 10.1 Å². The van der Waals surface area contributed by atoms with E-state index in [0.29, 0.717) is 17.9 Å². The van der Waals surface area contributed by atoms with Crippen LogP contribution >= 0.6 is 0 Å². The van der Waals surface area contributed by atoms with E-state index in [4.69, 9.17) is 4.74 Å². The molecule has 0 radical (unpaired) electrons. The number of methoxy groups -OCH3 is 1. The van der Waals surface area contributed by atoms with Crippen molar-refractivity contribution >= 4 is 11.6 Å². The highest BCUT2D eigenvalue weighted by Gasteiger charge is 2.19. The average molecular weight is 280 g/mol. The van der Waals surface area contributed by atoms with Crippen molar-refractivity contribution in [2.45, 2.75) is 6.42 Å². The Labute approximate surface area is 124 Å². The lowest BCUT2D eigenvalue weighted by Gasteiger charge is -2.12. The van der Waals surface area contributed by atoms with Crippen LogP contribution in [0.15, 0.2) is 54.6 Å². The minimum absolute atomic E-state index is 0.328. The Morgan fingerprint density at radius 2 is 1.86 bits per heavy atom. The number of ether oxygens (including phenoxy) is 1. The molecule has 2 rings (SSSR count). The number of rotatable bonds is 5. The highest BCUT2D eigenvalue weighted by Crippen LogP contribution is 2.24. The van der Waals surface area contributed by atoms with Crippen molar-refractivity contribution in [2.75, 3.05) is 12.4 Å². The van der Waals surface area contributed by atoms with Gasteiger partial charge in [0.1, 0.15) is 11.7 Å². The summed E-state index contributed by atoms with van der Waals surface area (Å²) in [7, 11) is 1.54. The Hall–Kier alpha value is -2.80. The molecular weight excluding hydrogens is 264 g/mol. The molecule has 0 aliphatic heterocycles. The molecule has 21 heavy (non-hydrogen) atoms. The SMILES string of the molecule is COc1ccccc1NC(=O)[C@H](C#N)Cc1ccccc1. The van der Waals surface area contributed by atoms with E-state index < -0.39 is 5.92 Å². The van der Waals surface area contributed by atoms with Gasteiger partial charge in [0, 0.05) is 0 Å². The number of benzene rings is 2.